The molecule has 3 rings (SSSR count). The van der Waals surface area contributed by atoms with E-state index in [1.807, 2.05) is 13.0 Å². The zero-order valence-electron chi connectivity index (χ0n) is 15.9. The molecule has 1 atom stereocenters. The first kappa shape index (κ1) is 20.0. The summed E-state index contributed by atoms with van der Waals surface area (Å²) in [6.45, 7) is 6.89. The van der Waals surface area contributed by atoms with Crippen molar-refractivity contribution >= 4 is 27.3 Å². The van der Waals surface area contributed by atoms with Crippen LogP contribution >= 0.6 is 11.3 Å². The molecule has 1 N–H and O–H groups in total. The summed E-state index contributed by atoms with van der Waals surface area (Å²) in [5.41, 5.74) is 3.53. The standard InChI is InChI=1S/C20H26N2O3S2/c1-14-6-7-18(13-15(14)2)16(3)21-20(23)17-8-10-22(11-9-17)27(24,25)19-5-4-12-26-19/h4-7,12-13,16-17H,8-11H2,1-3H3,(H,21,23). The Morgan fingerprint density at radius 2 is 1.89 bits per heavy atom. The fourth-order valence-electron chi connectivity index (χ4n) is 3.34. The summed E-state index contributed by atoms with van der Waals surface area (Å²) in [7, 11) is -3.42. The Balaban J connectivity index is 1.57. The number of nitrogens with zero attached hydrogens (tertiary/aromatic N) is 1. The normalized spacial score (nSPS) is 17.6. The molecule has 0 aliphatic carbocycles. The van der Waals surface area contributed by atoms with Crippen LogP contribution in [0.4, 0.5) is 0 Å². The third-order valence-electron chi connectivity index (χ3n) is 5.30. The molecule has 1 aromatic carbocycles. The average molecular weight is 407 g/mol. The highest BCUT2D eigenvalue weighted by Crippen LogP contribution is 2.27. The average Bonchev–Trinajstić information content (AvgIpc) is 3.19. The van der Waals surface area contributed by atoms with Crippen molar-refractivity contribution in [2.24, 2.45) is 5.92 Å². The van der Waals surface area contributed by atoms with Crippen LogP contribution in [-0.2, 0) is 14.8 Å². The van der Waals surface area contributed by atoms with E-state index < -0.39 is 10.0 Å². The predicted octanol–water partition coefficient (Wildman–Crippen LogP) is 3.64. The minimum atomic E-state index is -3.42. The van der Waals surface area contributed by atoms with Crippen molar-refractivity contribution in [3.8, 4) is 0 Å². The van der Waals surface area contributed by atoms with Gasteiger partial charge in [0, 0.05) is 19.0 Å². The Hall–Kier alpha value is -1.70. The van der Waals surface area contributed by atoms with E-state index in [2.05, 4.69) is 31.3 Å². The van der Waals surface area contributed by atoms with Crippen molar-refractivity contribution in [2.45, 2.75) is 43.9 Å². The van der Waals surface area contributed by atoms with Gasteiger partial charge in [-0.1, -0.05) is 24.3 Å². The summed E-state index contributed by atoms with van der Waals surface area (Å²) in [6.07, 6.45) is 1.10. The van der Waals surface area contributed by atoms with Gasteiger partial charge in [-0.25, -0.2) is 8.42 Å². The van der Waals surface area contributed by atoms with Crippen LogP contribution in [0.3, 0.4) is 0 Å². The van der Waals surface area contributed by atoms with E-state index in [9.17, 15) is 13.2 Å². The molecule has 0 bridgehead atoms. The molecule has 1 aliphatic rings. The first-order valence-electron chi connectivity index (χ1n) is 9.20. The summed E-state index contributed by atoms with van der Waals surface area (Å²) >= 11 is 1.23. The topological polar surface area (TPSA) is 66.5 Å². The van der Waals surface area contributed by atoms with Crippen LogP contribution in [0.25, 0.3) is 0 Å². The summed E-state index contributed by atoms with van der Waals surface area (Å²) in [5.74, 6) is -0.136. The summed E-state index contributed by atoms with van der Waals surface area (Å²) < 4.78 is 27.0. The molecule has 1 unspecified atom stereocenters. The quantitative estimate of drug-likeness (QED) is 0.824. The van der Waals surface area contributed by atoms with E-state index in [-0.39, 0.29) is 17.9 Å². The zero-order chi connectivity index (χ0) is 19.6. The molecule has 5 nitrogen and oxygen atoms in total. The summed E-state index contributed by atoms with van der Waals surface area (Å²) in [5, 5.41) is 4.85. The van der Waals surface area contributed by atoms with Crippen LogP contribution in [0.2, 0.25) is 0 Å². The lowest BCUT2D eigenvalue weighted by Gasteiger charge is -2.30. The first-order chi connectivity index (χ1) is 12.8. The number of aryl methyl sites for hydroxylation is 2. The minimum absolute atomic E-state index is 0.00824. The molecule has 2 heterocycles. The van der Waals surface area contributed by atoms with Gasteiger partial charge in [0.05, 0.1) is 6.04 Å². The predicted molar refractivity (Wildman–Crippen MR) is 108 cm³/mol. The molecule has 1 aromatic heterocycles. The van der Waals surface area contributed by atoms with Crippen molar-refractivity contribution < 1.29 is 13.2 Å². The van der Waals surface area contributed by atoms with Gasteiger partial charge in [-0.3, -0.25) is 4.79 Å². The van der Waals surface area contributed by atoms with Crippen molar-refractivity contribution in [3.05, 3.63) is 52.4 Å². The van der Waals surface area contributed by atoms with Crippen molar-refractivity contribution in [2.75, 3.05) is 13.1 Å². The van der Waals surface area contributed by atoms with Gasteiger partial charge in [-0.2, -0.15) is 4.31 Å². The van der Waals surface area contributed by atoms with Gasteiger partial charge in [0.2, 0.25) is 5.91 Å². The van der Waals surface area contributed by atoms with Crippen LogP contribution in [0.15, 0.2) is 39.9 Å². The highest BCUT2D eigenvalue weighted by atomic mass is 32.2. The van der Waals surface area contributed by atoms with Crippen LogP contribution in [-0.4, -0.2) is 31.7 Å². The summed E-state index contributed by atoms with van der Waals surface area (Å²) in [4.78, 5) is 12.6. The third kappa shape index (κ3) is 4.42. The molecular weight excluding hydrogens is 380 g/mol. The number of amides is 1. The van der Waals surface area contributed by atoms with E-state index in [0.29, 0.717) is 30.1 Å². The maximum absolute atomic E-state index is 12.6. The number of hydrogen-bond donors (Lipinski definition) is 1. The van der Waals surface area contributed by atoms with E-state index in [1.165, 1.54) is 26.8 Å². The molecular formula is C20H26N2O3S2. The van der Waals surface area contributed by atoms with Crippen LogP contribution < -0.4 is 5.32 Å². The number of carbonyl (C=O) groups excluding carboxylic acids is 1. The monoisotopic (exact) mass is 406 g/mol. The SMILES string of the molecule is Cc1ccc(C(C)NC(=O)C2CCN(S(=O)(=O)c3cccs3)CC2)cc1C. The molecule has 1 aliphatic heterocycles. The molecule has 27 heavy (non-hydrogen) atoms. The number of benzene rings is 1. The maximum atomic E-state index is 12.6. The number of rotatable bonds is 5. The summed E-state index contributed by atoms with van der Waals surface area (Å²) in [6, 6.07) is 9.53. The Morgan fingerprint density at radius 3 is 2.48 bits per heavy atom. The largest absolute Gasteiger partial charge is 0.349 e. The van der Waals surface area contributed by atoms with Crippen molar-refractivity contribution in [1.82, 2.24) is 9.62 Å². The van der Waals surface area contributed by atoms with Crippen LogP contribution in [0, 0.1) is 19.8 Å². The lowest BCUT2D eigenvalue weighted by molar-refractivity contribution is -0.126. The number of sulfonamides is 1. The molecule has 0 spiro atoms. The van der Waals surface area contributed by atoms with Crippen molar-refractivity contribution in [3.63, 3.8) is 0 Å². The van der Waals surface area contributed by atoms with Gasteiger partial charge in [0.15, 0.2) is 0 Å². The van der Waals surface area contributed by atoms with E-state index in [1.54, 1.807) is 17.5 Å². The number of carbonyl (C=O) groups is 1. The Bertz CT molecular complexity index is 899. The Kier molecular flexibility index (Phi) is 6.03. The number of piperidine rings is 1. The Morgan fingerprint density at radius 1 is 1.19 bits per heavy atom. The third-order valence-corrected chi connectivity index (χ3v) is 8.58. The number of nitrogens with one attached hydrogen (secondary N) is 1. The first-order valence-corrected chi connectivity index (χ1v) is 11.5. The van der Waals surface area contributed by atoms with Crippen LogP contribution in [0.5, 0.6) is 0 Å². The van der Waals surface area contributed by atoms with Gasteiger partial charge < -0.3 is 5.32 Å². The zero-order valence-corrected chi connectivity index (χ0v) is 17.6. The Labute approximate surface area is 165 Å². The van der Waals surface area contributed by atoms with Gasteiger partial charge in [0.1, 0.15) is 4.21 Å². The highest BCUT2D eigenvalue weighted by Gasteiger charge is 2.32. The fourth-order valence-corrected chi connectivity index (χ4v) is 5.96. The molecule has 1 amide bonds. The second kappa shape index (κ2) is 8.12. The molecule has 1 saturated heterocycles. The van der Waals surface area contributed by atoms with E-state index in [4.69, 9.17) is 0 Å². The molecule has 146 valence electrons. The molecule has 1 fully saturated rings. The molecule has 7 heteroatoms. The van der Waals surface area contributed by atoms with Crippen LogP contribution in [0.1, 0.15) is 42.5 Å². The lowest BCUT2D eigenvalue weighted by Crippen LogP contribution is -2.43. The highest BCUT2D eigenvalue weighted by molar-refractivity contribution is 7.91. The number of thiophene rings is 1. The minimum Gasteiger partial charge on any atom is -0.349 e. The molecule has 0 saturated carbocycles. The van der Waals surface area contributed by atoms with Crippen molar-refractivity contribution in [1.29, 1.82) is 0 Å². The smallest absolute Gasteiger partial charge is 0.252 e. The van der Waals surface area contributed by atoms with E-state index >= 15 is 0 Å². The fraction of sp³-hybridized carbons (Fsp3) is 0.450. The van der Waals surface area contributed by atoms with Gasteiger partial charge in [-0.15, -0.1) is 11.3 Å². The molecule has 2 aromatic rings. The second-order valence-electron chi connectivity index (χ2n) is 7.18. The van der Waals surface area contributed by atoms with Gasteiger partial charge in [0.25, 0.3) is 10.0 Å². The maximum Gasteiger partial charge on any atom is 0.252 e. The van der Waals surface area contributed by atoms with E-state index in [0.717, 1.165) is 5.56 Å². The second-order valence-corrected chi connectivity index (χ2v) is 10.3. The van der Waals surface area contributed by atoms with Gasteiger partial charge in [-0.05, 0) is 61.7 Å². The molecule has 0 radical (unpaired) electrons. The lowest BCUT2D eigenvalue weighted by atomic mass is 9.96. The van der Waals surface area contributed by atoms with Gasteiger partial charge >= 0.3 is 0 Å². The number of hydrogen-bond acceptors (Lipinski definition) is 4.